The molecule has 1 saturated heterocycles. The van der Waals surface area contributed by atoms with Crippen molar-refractivity contribution >= 4 is 39.3 Å². The molecule has 5 nitrogen and oxygen atoms in total. The monoisotopic (exact) mass is 346 g/mol. The van der Waals surface area contributed by atoms with Crippen LogP contribution in [0.5, 0.6) is 0 Å². The molecule has 7 heteroatoms. The quantitative estimate of drug-likeness (QED) is 0.883. The van der Waals surface area contributed by atoms with E-state index in [-0.39, 0.29) is 6.03 Å². The standard InChI is InChI=1S/C12H15BrN2O3S/c1-12(10(16)17)3-2-4-15(12)11(18)14-6-9-5-8(13)7-19-9/h5,7H,2-4,6H2,1H3,(H,14,18)(H,16,17). The highest BCUT2D eigenvalue weighted by Gasteiger charge is 2.45. The van der Waals surface area contributed by atoms with E-state index in [0.29, 0.717) is 19.5 Å². The Morgan fingerprint density at radius 1 is 1.63 bits per heavy atom. The molecule has 2 rings (SSSR count). The van der Waals surface area contributed by atoms with Crippen molar-refractivity contribution in [3.05, 3.63) is 20.8 Å². The number of carboxylic acid groups (broad SMARTS) is 1. The lowest BCUT2D eigenvalue weighted by Crippen LogP contribution is -2.53. The van der Waals surface area contributed by atoms with E-state index in [0.717, 1.165) is 15.8 Å². The van der Waals surface area contributed by atoms with E-state index in [9.17, 15) is 14.7 Å². The van der Waals surface area contributed by atoms with E-state index in [1.165, 1.54) is 4.90 Å². The van der Waals surface area contributed by atoms with Gasteiger partial charge in [-0.1, -0.05) is 0 Å². The van der Waals surface area contributed by atoms with Crippen molar-refractivity contribution in [3.63, 3.8) is 0 Å². The molecule has 0 bridgehead atoms. The summed E-state index contributed by atoms with van der Waals surface area (Å²) in [4.78, 5) is 25.8. The fraction of sp³-hybridized carbons (Fsp3) is 0.500. The molecule has 2 amide bonds. The number of nitrogens with zero attached hydrogens (tertiary/aromatic N) is 1. The summed E-state index contributed by atoms with van der Waals surface area (Å²) >= 11 is 4.90. The summed E-state index contributed by atoms with van der Waals surface area (Å²) in [6.45, 7) is 2.51. The average molecular weight is 347 g/mol. The van der Waals surface area contributed by atoms with Crippen LogP contribution in [0, 0.1) is 0 Å². The van der Waals surface area contributed by atoms with Crippen molar-refractivity contribution in [2.75, 3.05) is 6.54 Å². The number of nitrogens with one attached hydrogen (secondary N) is 1. The van der Waals surface area contributed by atoms with Crippen LogP contribution in [0.4, 0.5) is 4.79 Å². The van der Waals surface area contributed by atoms with Gasteiger partial charge in [0, 0.05) is 21.3 Å². The fourth-order valence-corrected chi connectivity index (χ4v) is 3.61. The smallest absolute Gasteiger partial charge is 0.329 e. The lowest BCUT2D eigenvalue weighted by atomic mass is 10.00. The SMILES string of the molecule is CC1(C(=O)O)CCCN1C(=O)NCc1cc(Br)cs1. The fourth-order valence-electron chi connectivity index (χ4n) is 2.22. The summed E-state index contributed by atoms with van der Waals surface area (Å²) in [5.41, 5.74) is -1.08. The van der Waals surface area contributed by atoms with E-state index in [2.05, 4.69) is 21.2 Å². The number of amides is 2. The predicted octanol–water partition coefficient (Wildman–Crippen LogP) is 2.66. The van der Waals surface area contributed by atoms with Crippen LogP contribution in [0.15, 0.2) is 15.9 Å². The number of aliphatic carboxylic acids is 1. The lowest BCUT2D eigenvalue weighted by molar-refractivity contribution is -0.147. The number of thiophene rings is 1. The molecule has 0 saturated carbocycles. The second kappa shape index (κ2) is 5.50. The zero-order valence-corrected chi connectivity index (χ0v) is 12.9. The second-order valence-electron chi connectivity index (χ2n) is 4.72. The number of carbonyl (C=O) groups is 2. The van der Waals surface area contributed by atoms with Crippen molar-refractivity contribution in [3.8, 4) is 0 Å². The van der Waals surface area contributed by atoms with E-state index < -0.39 is 11.5 Å². The predicted molar refractivity (Wildman–Crippen MR) is 76.2 cm³/mol. The third kappa shape index (κ3) is 2.92. The lowest BCUT2D eigenvalue weighted by Gasteiger charge is -2.31. The van der Waals surface area contributed by atoms with Crippen LogP contribution in [0.25, 0.3) is 0 Å². The van der Waals surface area contributed by atoms with Crippen LogP contribution in [0.2, 0.25) is 0 Å². The van der Waals surface area contributed by atoms with Gasteiger partial charge in [-0.3, -0.25) is 0 Å². The molecule has 1 aromatic rings. The summed E-state index contributed by atoms with van der Waals surface area (Å²) in [7, 11) is 0. The van der Waals surface area contributed by atoms with E-state index in [4.69, 9.17) is 0 Å². The second-order valence-corrected chi connectivity index (χ2v) is 6.64. The van der Waals surface area contributed by atoms with E-state index in [1.54, 1.807) is 18.3 Å². The summed E-state index contributed by atoms with van der Waals surface area (Å²) < 4.78 is 0.985. The first-order valence-electron chi connectivity index (χ1n) is 5.95. The molecule has 1 fully saturated rings. The molecular weight excluding hydrogens is 332 g/mol. The maximum atomic E-state index is 12.1. The van der Waals surface area contributed by atoms with Crippen molar-refractivity contribution in [1.82, 2.24) is 10.2 Å². The largest absolute Gasteiger partial charge is 0.480 e. The Morgan fingerprint density at radius 3 is 2.95 bits per heavy atom. The summed E-state index contributed by atoms with van der Waals surface area (Å²) in [5, 5.41) is 14.0. The highest BCUT2D eigenvalue weighted by molar-refractivity contribution is 9.10. The normalized spacial score (nSPS) is 22.5. The molecule has 1 aromatic heterocycles. The Morgan fingerprint density at radius 2 is 2.37 bits per heavy atom. The van der Waals surface area contributed by atoms with Gasteiger partial charge in [0.2, 0.25) is 0 Å². The third-order valence-corrected chi connectivity index (χ3v) is 5.08. The Kier molecular flexibility index (Phi) is 4.15. The van der Waals surface area contributed by atoms with Crippen molar-refractivity contribution in [2.24, 2.45) is 0 Å². The van der Waals surface area contributed by atoms with Crippen molar-refractivity contribution in [2.45, 2.75) is 31.8 Å². The minimum absolute atomic E-state index is 0.313. The van der Waals surface area contributed by atoms with Gasteiger partial charge in [-0.15, -0.1) is 11.3 Å². The molecule has 1 aliphatic rings. The number of carboxylic acids is 1. The van der Waals surface area contributed by atoms with Gasteiger partial charge in [0.05, 0.1) is 6.54 Å². The molecule has 2 heterocycles. The van der Waals surface area contributed by atoms with Crippen LogP contribution in [0.3, 0.4) is 0 Å². The van der Waals surface area contributed by atoms with Gasteiger partial charge >= 0.3 is 12.0 Å². The van der Waals surface area contributed by atoms with Crippen LogP contribution in [-0.4, -0.2) is 34.1 Å². The molecule has 0 radical (unpaired) electrons. The first-order chi connectivity index (χ1) is 8.93. The molecule has 1 unspecified atom stereocenters. The zero-order valence-electron chi connectivity index (χ0n) is 10.5. The highest BCUT2D eigenvalue weighted by Crippen LogP contribution is 2.29. The number of halogens is 1. The third-order valence-electron chi connectivity index (χ3n) is 3.38. The molecule has 19 heavy (non-hydrogen) atoms. The van der Waals surface area contributed by atoms with Crippen LogP contribution in [0.1, 0.15) is 24.6 Å². The average Bonchev–Trinajstić information content (AvgIpc) is 2.93. The molecular formula is C12H15BrN2O3S. The molecule has 2 N–H and O–H groups in total. The number of hydrogen-bond donors (Lipinski definition) is 2. The maximum absolute atomic E-state index is 12.1. The first kappa shape index (κ1) is 14.3. The van der Waals surface area contributed by atoms with Crippen molar-refractivity contribution < 1.29 is 14.7 Å². The molecule has 1 aliphatic heterocycles. The Hall–Kier alpha value is -1.08. The van der Waals surface area contributed by atoms with Gasteiger partial charge in [-0.25, -0.2) is 9.59 Å². The number of rotatable bonds is 3. The van der Waals surface area contributed by atoms with Crippen molar-refractivity contribution in [1.29, 1.82) is 0 Å². The van der Waals surface area contributed by atoms with Crippen LogP contribution >= 0.6 is 27.3 Å². The number of hydrogen-bond acceptors (Lipinski definition) is 3. The van der Waals surface area contributed by atoms with Crippen LogP contribution in [-0.2, 0) is 11.3 Å². The molecule has 0 spiro atoms. The molecule has 1 atom stereocenters. The maximum Gasteiger partial charge on any atom is 0.329 e. The van der Waals surface area contributed by atoms with Crippen LogP contribution < -0.4 is 5.32 Å². The van der Waals surface area contributed by atoms with Gasteiger partial charge in [-0.05, 0) is 41.8 Å². The van der Waals surface area contributed by atoms with Gasteiger partial charge < -0.3 is 15.3 Å². The Bertz CT molecular complexity index is 505. The Labute approximate surface area is 123 Å². The summed E-state index contributed by atoms with van der Waals surface area (Å²) in [5.74, 6) is -0.945. The van der Waals surface area contributed by atoms with Gasteiger partial charge in [0.1, 0.15) is 5.54 Å². The minimum atomic E-state index is -1.08. The van der Waals surface area contributed by atoms with Gasteiger partial charge in [0.25, 0.3) is 0 Å². The zero-order chi connectivity index (χ0) is 14.0. The van der Waals surface area contributed by atoms with Gasteiger partial charge in [-0.2, -0.15) is 0 Å². The van der Waals surface area contributed by atoms with Gasteiger partial charge in [0.15, 0.2) is 0 Å². The molecule has 104 valence electrons. The Balaban J connectivity index is 1.98. The van der Waals surface area contributed by atoms with E-state index in [1.807, 2.05) is 11.4 Å². The minimum Gasteiger partial charge on any atom is -0.480 e. The summed E-state index contributed by atoms with van der Waals surface area (Å²) in [6, 6.07) is 1.62. The topological polar surface area (TPSA) is 69.6 Å². The van der Waals surface area contributed by atoms with E-state index >= 15 is 0 Å². The number of urea groups is 1. The highest BCUT2D eigenvalue weighted by atomic mass is 79.9. The first-order valence-corrected chi connectivity index (χ1v) is 7.62. The summed E-state index contributed by atoms with van der Waals surface area (Å²) in [6.07, 6.45) is 1.22. The number of likely N-dealkylation sites (tertiary alicyclic amines) is 1. The number of carbonyl (C=O) groups excluding carboxylic acids is 1. The molecule has 0 aromatic carbocycles. The molecule has 0 aliphatic carbocycles.